The van der Waals surface area contributed by atoms with Crippen LogP contribution in [0, 0.1) is 5.92 Å². The Morgan fingerprint density at radius 3 is 2.52 bits per heavy atom. The Hall–Kier alpha value is -3.26. The molecule has 0 atom stereocenters. The molecule has 3 rings (SSSR count). The second-order valence-electron chi connectivity index (χ2n) is 7.22. The van der Waals surface area contributed by atoms with Crippen molar-refractivity contribution in [2.24, 2.45) is 16.6 Å². The molecule has 1 aromatic heterocycles. The van der Waals surface area contributed by atoms with Crippen molar-refractivity contribution in [3.63, 3.8) is 0 Å². The smallest absolute Gasteiger partial charge is 0.271 e. The van der Waals surface area contributed by atoms with Crippen LogP contribution in [0.1, 0.15) is 40.1 Å². The molecular formula is C23H30N4O4. The first-order chi connectivity index (χ1) is 14.9. The highest BCUT2D eigenvalue weighted by molar-refractivity contribution is 5.95. The third-order valence-corrected chi connectivity index (χ3v) is 4.80. The minimum atomic E-state index is -0.554. The average molecular weight is 427 g/mol. The number of nitrogens with two attached hydrogens (primary N) is 1. The third-order valence-electron chi connectivity index (χ3n) is 4.80. The topological polar surface area (TPSA) is 107 Å². The molecule has 31 heavy (non-hydrogen) atoms. The van der Waals surface area contributed by atoms with E-state index >= 15 is 0 Å². The number of primary amides is 1. The van der Waals surface area contributed by atoms with Crippen LogP contribution in [0.3, 0.4) is 0 Å². The van der Waals surface area contributed by atoms with Gasteiger partial charge in [-0.1, -0.05) is 6.08 Å². The van der Waals surface area contributed by atoms with Crippen LogP contribution in [-0.4, -0.2) is 62.3 Å². The number of carbonyl (C=O) groups excluding carboxylic acids is 2. The van der Waals surface area contributed by atoms with Gasteiger partial charge < -0.3 is 20.1 Å². The Balaban J connectivity index is 0.000000225. The highest BCUT2D eigenvalue weighted by Gasteiger charge is 2.16. The summed E-state index contributed by atoms with van der Waals surface area (Å²) in [6.07, 6.45) is 14.3. The van der Waals surface area contributed by atoms with E-state index in [-0.39, 0.29) is 5.91 Å². The molecule has 8 nitrogen and oxygen atoms in total. The summed E-state index contributed by atoms with van der Waals surface area (Å²) < 4.78 is 10.7. The first kappa shape index (κ1) is 24.0. The van der Waals surface area contributed by atoms with Gasteiger partial charge in [-0.2, -0.15) is 0 Å². The number of amides is 2. The van der Waals surface area contributed by atoms with Crippen molar-refractivity contribution < 1.29 is 19.1 Å². The largest absolute Gasteiger partial charge is 0.497 e. The van der Waals surface area contributed by atoms with Gasteiger partial charge in [-0.25, -0.2) is 0 Å². The number of methoxy groups -OCH3 is 1. The highest BCUT2D eigenvalue weighted by atomic mass is 16.5. The predicted octanol–water partition coefficient (Wildman–Crippen LogP) is 2.74. The Kier molecular flexibility index (Phi) is 9.64. The molecule has 0 radical (unpaired) electrons. The second kappa shape index (κ2) is 12.4. The number of ether oxygens (including phenoxy) is 2. The van der Waals surface area contributed by atoms with Crippen molar-refractivity contribution >= 4 is 18.0 Å². The Morgan fingerprint density at radius 2 is 1.94 bits per heavy atom. The number of aliphatic imine (C=N–C) groups is 1. The minimum absolute atomic E-state index is 0.207. The Labute approximate surface area is 183 Å². The Bertz CT molecular complexity index is 864. The molecule has 0 saturated carbocycles. The van der Waals surface area contributed by atoms with Gasteiger partial charge in [0.15, 0.2) is 0 Å². The van der Waals surface area contributed by atoms with Gasteiger partial charge in [0.05, 0.1) is 12.7 Å². The van der Waals surface area contributed by atoms with Crippen LogP contribution in [-0.2, 0) is 9.47 Å². The van der Waals surface area contributed by atoms with Crippen LogP contribution in [0.2, 0.25) is 0 Å². The van der Waals surface area contributed by atoms with Crippen LogP contribution < -0.4 is 5.73 Å². The van der Waals surface area contributed by atoms with Crippen LogP contribution in [0.15, 0.2) is 59.1 Å². The van der Waals surface area contributed by atoms with Crippen molar-refractivity contribution in [2.45, 2.75) is 19.3 Å². The molecule has 1 aromatic rings. The molecule has 0 aliphatic carbocycles. The van der Waals surface area contributed by atoms with Crippen LogP contribution in [0.5, 0.6) is 0 Å². The van der Waals surface area contributed by atoms with E-state index in [0.29, 0.717) is 17.2 Å². The summed E-state index contributed by atoms with van der Waals surface area (Å²) in [5.41, 5.74) is 6.88. The first-order valence-electron chi connectivity index (χ1n) is 10.1. The van der Waals surface area contributed by atoms with Crippen molar-refractivity contribution in [2.75, 3.05) is 34.4 Å². The monoisotopic (exact) mass is 426 g/mol. The van der Waals surface area contributed by atoms with E-state index in [0.717, 1.165) is 38.2 Å². The number of carbonyl (C=O) groups is 2. The van der Waals surface area contributed by atoms with E-state index in [1.165, 1.54) is 28.8 Å². The molecular weight excluding hydrogens is 396 g/mol. The van der Waals surface area contributed by atoms with Crippen molar-refractivity contribution in [3.05, 3.63) is 65.3 Å². The second-order valence-corrected chi connectivity index (χ2v) is 7.22. The van der Waals surface area contributed by atoms with Crippen molar-refractivity contribution in [1.82, 2.24) is 9.88 Å². The molecule has 2 N–H and O–H groups in total. The fourth-order valence-corrected chi connectivity index (χ4v) is 2.98. The summed E-state index contributed by atoms with van der Waals surface area (Å²) in [5.74, 6) is 0.701. The number of nitrogens with zero attached hydrogens (tertiary/aromatic N) is 3. The lowest BCUT2D eigenvalue weighted by atomic mass is 9.91. The predicted molar refractivity (Wildman–Crippen MR) is 120 cm³/mol. The van der Waals surface area contributed by atoms with E-state index in [9.17, 15) is 9.59 Å². The minimum Gasteiger partial charge on any atom is -0.497 e. The first-order valence-corrected chi connectivity index (χ1v) is 10.1. The molecule has 0 aromatic carbocycles. The average Bonchev–Trinajstić information content (AvgIpc) is 2.91. The zero-order valence-corrected chi connectivity index (χ0v) is 18.3. The fraction of sp³-hybridized carbons (Fsp3) is 0.391. The molecule has 0 spiro atoms. The molecule has 2 aliphatic heterocycles. The molecule has 3 heterocycles. The lowest BCUT2D eigenvalue weighted by molar-refractivity contribution is 0.0765. The normalized spacial score (nSPS) is 18.2. The van der Waals surface area contributed by atoms with Crippen LogP contribution in [0.25, 0.3) is 0 Å². The lowest BCUT2D eigenvalue weighted by Gasteiger charge is -2.22. The van der Waals surface area contributed by atoms with Gasteiger partial charge >= 0.3 is 0 Å². The number of aromatic nitrogens is 1. The van der Waals surface area contributed by atoms with Gasteiger partial charge in [-0.15, -0.1) is 0 Å². The van der Waals surface area contributed by atoms with E-state index in [2.05, 4.69) is 16.1 Å². The number of hydrogen-bond acceptors (Lipinski definition) is 6. The van der Waals surface area contributed by atoms with E-state index < -0.39 is 5.91 Å². The van der Waals surface area contributed by atoms with Crippen LogP contribution in [0.4, 0.5) is 0 Å². The fourth-order valence-electron chi connectivity index (χ4n) is 2.98. The molecule has 0 unspecified atom stereocenters. The molecule has 2 aliphatic rings. The highest BCUT2D eigenvalue weighted by Crippen LogP contribution is 2.25. The van der Waals surface area contributed by atoms with Gasteiger partial charge in [0.25, 0.3) is 5.91 Å². The standard InChI is InChI=1S/C14H19NO2.C9H11N3O2/c1-16-14-3-2-8-15-11-13(4-5-14)12-6-9-17-10-7-12;1-12(2)9(14)7-4-3-6(5-11-7)8(10)13/h3-5,8,11-12H,2,6-7,9-10H2,1H3;3-5H,1-2H3,(H2,10,13)/b5-4?,13-11+,14-3?,15-8?;. The van der Waals surface area contributed by atoms with Gasteiger partial charge in [0.1, 0.15) is 11.5 Å². The van der Waals surface area contributed by atoms with E-state index in [1.54, 1.807) is 21.2 Å². The summed E-state index contributed by atoms with van der Waals surface area (Å²) in [4.78, 5) is 31.7. The lowest BCUT2D eigenvalue weighted by Crippen LogP contribution is -2.23. The third kappa shape index (κ3) is 7.82. The molecule has 1 fully saturated rings. The zero-order chi connectivity index (χ0) is 22.6. The number of hydrogen-bond donors (Lipinski definition) is 1. The molecule has 8 heteroatoms. The summed E-state index contributed by atoms with van der Waals surface area (Å²) in [6, 6.07) is 2.95. The summed E-state index contributed by atoms with van der Waals surface area (Å²) in [5, 5.41) is 0. The molecule has 166 valence electrons. The number of allylic oxidation sites excluding steroid dienone is 4. The van der Waals surface area contributed by atoms with Gasteiger partial charge in [0.2, 0.25) is 5.91 Å². The maximum Gasteiger partial charge on any atom is 0.271 e. The maximum atomic E-state index is 11.4. The van der Waals surface area contributed by atoms with E-state index in [4.69, 9.17) is 15.2 Å². The molecule has 0 bridgehead atoms. The van der Waals surface area contributed by atoms with Gasteiger partial charge in [-0.05, 0) is 48.6 Å². The summed E-state index contributed by atoms with van der Waals surface area (Å²) >= 11 is 0. The van der Waals surface area contributed by atoms with Crippen molar-refractivity contribution in [1.29, 1.82) is 0 Å². The quantitative estimate of drug-likeness (QED) is 0.797. The molecule has 2 amide bonds. The van der Waals surface area contributed by atoms with Gasteiger partial charge in [-0.3, -0.25) is 19.6 Å². The molecule has 1 saturated heterocycles. The van der Waals surface area contributed by atoms with Crippen LogP contribution >= 0.6 is 0 Å². The van der Waals surface area contributed by atoms with E-state index in [1.807, 2.05) is 24.6 Å². The SMILES string of the molecule is CN(C)C(=O)c1ccc(C(N)=O)cn1.COC1=CCC=N/C=C(/C2CCOCC2)C=C1. The van der Waals surface area contributed by atoms with Gasteiger partial charge in [0, 0.05) is 52.3 Å². The Morgan fingerprint density at radius 1 is 1.19 bits per heavy atom. The maximum absolute atomic E-state index is 11.4. The summed E-state index contributed by atoms with van der Waals surface area (Å²) in [6.45, 7) is 1.71. The number of pyridine rings is 1. The van der Waals surface area contributed by atoms with Crippen molar-refractivity contribution in [3.8, 4) is 0 Å². The number of rotatable bonds is 4. The summed E-state index contributed by atoms with van der Waals surface area (Å²) in [7, 11) is 4.96. The zero-order valence-electron chi connectivity index (χ0n) is 18.3.